The summed E-state index contributed by atoms with van der Waals surface area (Å²) in [4.78, 5) is 0. The van der Waals surface area contributed by atoms with Crippen molar-refractivity contribution in [2.45, 2.75) is 19.8 Å². The molecule has 0 heteroatoms. The number of hydrogen-bond acceptors (Lipinski definition) is 0. The van der Waals surface area contributed by atoms with E-state index < -0.39 is 0 Å². The molecule has 0 heterocycles. The molecule has 106 valence electrons. The largest absolute Gasteiger partial charge is 0.0961 e. The normalized spacial score (nSPS) is 27.2. The van der Waals surface area contributed by atoms with Gasteiger partial charge in [-0.15, -0.1) is 0 Å². The minimum atomic E-state index is 0.521. The molecule has 0 aromatic carbocycles. The Hall–Kier alpha value is -2.08. The van der Waals surface area contributed by atoms with Gasteiger partial charge < -0.3 is 0 Å². The third-order valence-corrected chi connectivity index (χ3v) is 4.28. The highest BCUT2D eigenvalue weighted by Crippen LogP contribution is 2.38. The lowest BCUT2D eigenvalue weighted by Gasteiger charge is -2.29. The van der Waals surface area contributed by atoms with Gasteiger partial charge in [-0.05, 0) is 36.5 Å². The van der Waals surface area contributed by atoms with Crippen molar-refractivity contribution in [3.8, 4) is 0 Å². The molecule has 2 unspecified atom stereocenters. The van der Waals surface area contributed by atoms with Crippen LogP contribution in [0.15, 0.2) is 95.7 Å². The van der Waals surface area contributed by atoms with Gasteiger partial charge in [0.15, 0.2) is 0 Å². The quantitative estimate of drug-likeness (QED) is 0.586. The smallest absolute Gasteiger partial charge is 0.0122 e. The summed E-state index contributed by atoms with van der Waals surface area (Å²) in [5.41, 5.74) is 5.47. The molecule has 0 nitrogen and oxygen atoms in total. The summed E-state index contributed by atoms with van der Waals surface area (Å²) in [5, 5.41) is 0. The Labute approximate surface area is 128 Å². The summed E-state index contributed by atoms with van der Waals surface area (Å²) in [6.07, 6.45) is 26.9. The van der Waals surface area contributed by atoms with E-state index in [1.807, 2.05) is 6.92 Å². The van der Waals surface area contributed by atoms with Gasteiger partial charge >= 0.3 is 0 Å². The van der Waals surface area contributed by atoms with Crippen LogP contribution in [0.5, 0.6) is 0 Å². The Bertz CT molecular complexity index is 642. The fourth-order valence-corrected chi connectivity index (χ4v) is 3.12. The molecule has 0 fully saturated rings. The molecular weight excluding hydrogens is 252 g/mol. The maximum absolute atomic E-state index is 3.91. The van der Waals surface area contributed by atoms with Crippen molar-refractivity contribution in [2.24, 2.45) is 11.8 Å². The van der Waals surface area contributed by atoms with Crippen molar-refractivity contribution in [1.29, 1.82) is 0 Å². The van der Waals surface area contributed by atoms with E-state index in [1.165, 1.54) is 16.7 Å². The molecular formula is C21H22. The first kappa shape index (κ1) is 13.9. The molecule has 3 aliphatic rings. The Morgan fingerprint density at radius 2 is 1.86 bits per heavy atom. The molecule has 0 aromatic rings. The molecule has 0 amide bonds. The average molecular weight is 274 g/mol. The zero-order chi connectivity index (χ0) is 14.7. The van der Waals surface area contributed by atoms with Crippen LogP contribution in [0.4, 0.5) is 0 Å². The van der Waals surface area contributed by atoms with Crippen molar-refractivity contribution in [3.63, 3.8) is 0 Å². The van der Waals surface area contributed by atoms with Gasteiger partial charge in [0, 0.05) is 11.8 Å². The van der Waals surface area contributed by atoms with Gasteiger partial charge in [-0.1, -0.05) is 79.0 Å². The lowest BCUT2D eigenvalue weighted by atomic mass is 9.75. The van der Waals surface area contributed by atoms with E-state index in [0.29, 0.717) is 11.8 Å². The van der Waals surface area contributed by atoms with Crippen LogP contribution in [0.2, 0.25) is 0 Å². The second-order valence-corrected chi connectivity index (χ2v) is 5.99. The standard InChI is InChI=1S/C21H22/c1-16(2)10-11-17-12-14-19(15-13-17)21-9-5-7-18-6-3-4-8-20(18)21/h3-12,14,18,20H,1,13,15H2,2H3. The number of fused-ring (bicyclic) bond motifs is 1. The van der Waals surface area contributed by atoms with Crippen LogP contribution in [0, 0.1) is 11.8 Å². The Balaban J connectivity index is 1.80. The van der Waals surface area contributed by atoms with Gasteiger partial charge in [-0.3, -0.25) is 0 Å². The summed E-state index contributed by atoms with van der Waals surface area (Å²) in [6, 6.07) is 0. The highest BCUT2D eigenvalue weighted by Gasteiger charge is 2.25. The van der Waals surface area contributed by atoms with E-state index in [2.05, 4.69) is 73.4 Å². The fourth-order valence-electron chi connectivity index (χ4n) is 3.12. The second kappa shape index (κ2) is 6.13. The molecule has 0 aliphatic heterocycles. The van der Waals surface area contributed by atoms with E-state index in [1.54, 1.807) is 0 Å². The molecule has 3 aliphatic carbocycles. The van der Waals surface area contributed by atoms with Crippen LogP contribution >= 0.6 is 0 Å². The first-order valence-electron chi connectivity index (χ1n) is 7.71. The van der Waals surface area contributed by atoms with Crippen molar-refractivity contribution in [3.05, 3.63) is 95.7 Å². The van der Waals surface area contributed by atoms with E-state index in [0.717, 1.165) is 18.4 Å². The number of hydrogen-bond donors (Lipinski definition) is 0. The van der Waals surface area contributed by atoms with Crippen LogP contribution in [0.3, 0.4) is 0 Å². The van der Waals surface area contributed by atoms with Crippen LogP contribution in [0.1, 0.15) is 19.8 Å². The summed E-state index contributed by atoms with van der Waals surface area (Å²) < 4.78 is 0. The maximum atomic E-state index is 3.91. The van der Waals surface area contributed by atoms with Crippen LogP contribution in [0.25, 0.3) is 0 Å². The van der Waals surface area contributed by atoms with Crippen molar-refractivity contribution < 1.29 is 0 Å². The fraction of sp³-hybridized carbons (Fsp3) is 0.238. The highest BCUT2D eigenvalue weighted by molar-refractivity contribution is 5.48. The zero-order valence-corrected chi connectivity index (χ0v) is 12.6. The third kappa shape index (κ3) is 3.16. The van der Waals surface area contributed by atoms with Gasteiger partial charge in [-0.25, -0.2) is 0 Å². The van der Waals surface area contributed by atoms with E-state index in [4.69, 9.17) is 0 Å². The maximum Gasteiger partial charge on any atom is 0.0122 e. The second-order valence-electron chi connectivity index (χ2n) is 5.99. The first-order valence-corrected chi connectivity index (χ1v) is 7.71. The van der Waals surface area contributed by atoms with Gasteiger partial charge in [0.2, 0.25) is 0 Å². The number of rotatable bonds is 3. The van der Waals surface area contributed by atoms with E-state index >= 15 is 0 Å². The van der Waals surface area contributed by atoms with Gasteiger partial charge in [0.1, 0.15) is 0 Å². The summed E-state index contributed by atoms with van der Waals surface area (Å²) in [5.74, 6) is 1.05. The Morgan fingerprint density at radius 1 is 1.05 bits per heavy atom. The topological polar surface area (TPSA) is 0 Å². The molecule has 0 bridgehead atoms. The summed E-state index contributed by atoms with van der Waals surface area (Å²) >= 11 is 0. The van der Waals surface area contributed by atoms with Gasteiger partial charge in [0.25, 0.3) is 0 Å². The molecule has 21 heavy (non-hydrogen) atoms. The first-order chi connectivity index (χ1) is 10.2. The van der Waals surface area contributed by atoms with Crippen LogP contribution < -0.4 is 0 Å². The Morgan fingerprint density at radius 3 is 2.62 bits per heavy atom. The minimum absolute atomic E-state index is 0.521. The summed E-state index contributed by atoms with van der Waals surface area (Å²) in [7, 11) is 0. The van der Waals surface area contributed by atoms with Crippen molar-refractivity contribution >= 4 is 0 Å². The monoisotopic (exact) mass is 274 g/mol. The van der Waals surface area contributed by atoms with Gasteiger partial charge in [-0.2, -0.15) is 0 Å². The minimum Gasteiger partial charge on any atom is -0.0961 e. The SMILES string of the molecule is C=C(C)C=CC1=CC=C(C2=CC=CC3C=CC=CC23)CC1. The molecule has 0 spiro atoms. The van der Waals surface area contributed by atoms with Gasteiger partial charge in [0.05, 0.1) is 0 Å². The average Bonchev–Trinajstić information content (AvgIpc) is 2.53. The van der Waals surface area contributed by atoms with Crippen molar-refractivity contribution in [2.75, 3.05) is 0 Å². The molecule has 3 rings (SSSR count). The molecule has 2 atom stereocenters. The molecule has 0 N–H and O–H groups in total. The van der Waals surface area contributed by atoms with Crippen LogP contribution in [-0.2, 0) is 0 Å². The molecule has 0 saturated heterocycles. The predicted octanol–water partition coefficient (Wildman–Crippen LogP) is 5.62. The Kier molecular flexibility index (Phi) is 4.06. The van der Waals surface area contributed by atoms with Crippen LogP contribution in [-0.4, -0.2) is 0 Å². The van der Waals surface area contributed by atoms with E-state index in [-0.39, 0.29) is 0 Å². The lowest BCUT2D eigenvalue weighted by molar-refractivity contribution is 0.622. The molecule has 0 radical (unpaired) electrons. The highest BCUT2D eigenvalue weighted by atomic mass is 14.3. The number of allylic oxidation sites excluding steroid dienone is 15. The van der Waals surface area contributed by atoms with E-state index in [9.17, 15) is 0 Å². The zero-order valence-electron chi connectivity index (χ0n) is 12.6. The predicted molar refractivity (Wildman–Crippen MR) is 91.8 cm³/mol. The lowest BCUT2D eigenvalue weighted by Crippen LogP contribution is -2.17. The third-order valence-electron chi connectivity index (χ3n) is 4.28. The molecule has 0 saturated carbocycles. The van der Waals surface area contributed by atoms with Crippen molar-refractivity contribution in [1.82, 2.24) is 0 Å². The molecule has 0 aromatic heterocycles. The summed E-state index contributed by atoms with van der Waals surface area (Å²) in [6.45, 7) is 5.94.